The van der Waals surface area contributed by atoms with Gasteiger partial charge in [-0.05, 0) is 25.1 Å². The van der Waals surface area contributed by atoms with Gasteiger partial charge in [0, 0.05) is 24.3 Å². The molecule has 0 saturated heterocycles. The molecule has 0 fully saturated rings. The van der Waals surface area contributed by atoms with Gasteiger partial charge in [-0.15, -0.1) is 11.3 Å². The molecule has 6 nitrogen and oxygen atoms in total. The van der Waals surface area contributed by atoms with Gasteiger partial charge in [-0.25, -0.2) is 4.98 Å². The average molecular weight is 301 g/mol. The normalized spacial score (nSPS) is 11.0. The van der Waals surface area contributed by atoms with Crippen LogP contribution in [0.5, 0.6) is 0 Å². The number of thiophene rings is 1. The maximum absolute atomic E-state index is 12.3. The van der Waals surface area contributed by atoms with Gasteiger partial charge in [0.05, 0.1) is 17.9 Å². The predicted molar refractivity (Wildman–Crippen MR) is 83.1 cm³/mol. The topological polar surface area (TPSA) is 85.8 Å². The molecule has 21 heavy (non-hydrogen) atoms. The van der Waals surface area contributed by atoms with E-state index in [-0.39, 0.29) is 5.91 Å². The Kier molecular flexibility index (Phi) is 3.34. The van der Waals surface area contributed by atoms with Gasteiger partial charge in [0.25, 0.3) is 5.91 Å². The minimum absolute atomic E-state index is 0.186. The molecule has 0 aliphatic rings. The standard InChI is InChI=1S/C14H15N5OS/c1-8-3-4-10-11(15)12(21-14(10)18-8)13(20)16-7-9-5-6-17-19(9)2/h3-6H,7,15H2,1-2H3,(H,16,20). The zero-order chi connectivity index (χ0) is 15.0. The van der Waals surface area contributed by atoms with Crippen molar-refractivity contribution in [1.29, 1.82) is 0 Å². The van der Waals surface area contributed by atoms with Crippen molar-refractivity contribution in [2.24, 2.45) is 7.05 Å². The summed E-state index contributed by atoms with van der Waals surface area (Å²) in [7, 11) is 1.84. The quantitative estimate of drug-likeness (QED) is 0.773. The summed E-state index contributed by atoms with van der Waals surface area (Å²) in [5.41, 5.74) is 8.39. The lowest BCUT2D eigenvalue weighted by Crippen LogP contribution is -2.23. The van der Waals surface area contributed by atoms with Crippen LogP contribution in [0.15, 0.2) is 24.4 Å². The van der Waals surface area contributed by atoms with Crippen molar-refractivity contribution in [2.45, 2.75) is 13.5 Å². The summed E-state index contributed by atoms with van der Waals surface area (Å²) in [5, 5.41) is 7.75. The molecule has 0 aliphatic carbocycles. The molecule has 0 unspecified atom stereocenters. The highest BCUT2D eigenvalue weighted by molar-refractivity contribution is 7.21. The Morgan fingerprint density at radius 3 is 2.95 bits per heavy atom. The van der Waals surface area contributed by atoms with Gasteiger partial charge in [-0.2, -0.15) is 5.10 Å². The molecule has 3 heterocycles. The number of nitrogens with zero attached hydrogens (tertiary/aromatic N) is 3. The van der Waals surface area contributed by atoms with E-state index in [9.17, 15) is 4.79 Å². The van der Waals surface area contributed by atoms with Crippen LogP contribution in [0.25, 0.3) is 10.2 Å². The highest BCUT2D eigenvalue weighted by Gasteiger charge is 2.17. The first-order valence-corrected chi connectivity index (χ1v) is 7.28. The second kappa shape index (κ2) is 5.17. The zero-order valence-corrected chi connectivity index (χ0v) is 12.6. The molecule has 108 valence electrons. The second-order valence-electron chi connectivity index (χ2n) is 4.78. The number of nitrogen functional groups attached to an aromatic ring is 1. The first-order valence-electron chi connectivity index (χ1n) is 6.47. The number of carbonyl (C=O) groups excluding carboxylic acids is 1. The average Bonchev–Trinajstić information content (AvgIpc) is 3.00. The Morgan fingerprint density at radius 1 is 1.43 bits per heavy atom. The lowest BCUT2D eigenvalue weighted by atomic mass is 10.2. The maximum atomic E-state index is 12.3. The Morgan fingerprint density at radius 2 is 2.24 bits per heavy atom. The number of aromatic nitrogens is 3. The molecular formula is C14H15N5OS. The van der Waals surface area contributed by atoms with E-state index in [4.69, 9.17) is 5.73 Å². The molecule has 0 aromatic carbocycles. The minimum Gasteiger partial charge on any atom is -0.397 e. The molecule has 3 rings (SSSR count). The molecule has 0 atom stereocenters. The number of carbonyl (C=O) groups is 1. The number of pyridine rings is 1. The Balaban J connectivity index is 1.84. The summed E-state index contributed by atoms with van der Waals surface area (Å²) >= 11 is 1.32. The number of fused-ring (bicyclic) bond motifs is 1. The SMILES string of the molecule is Cc1ccc2c(N)c(C(=O)NCc3ccnn3C)sc2n1. The molecule has 0 spiro atoms. The van der Waals surface area contributed by atoms with Crippen LogP contribution in [0.2, 0.25) is 0 Å². The van der Waals surface area contributed by atoms with Crippen molar-refractivity contribution in [1.82, 2.24) is 20.1 Å². The number of nitrogens with two attached hydrogens (primary N) is 1. The molecule has 3 aromatic heterocycles. The van der Waals surface area contributed by atoms with Crippen LogP contribution in [0.1, 0.15) is 21.1 Å². The molecule has 1 amide bonds. The van der Waals surface area contributed by atoms with Crippen LogP contribution in [-0.4, -0.2) is 20.7 Å². The number of amides is 1. The third-order valence-corrected chi connectivity index (χ3v) is 4.41. The summed E-state index contributed by atoms with van der Waals surface area (Å²) in [6, 6.07) is 5.66. The fraction of sp³-hybridized carbons (Fsp3) is 0.214. The van der Waals surface area contributed by atoms with Gasteiger partial charge in [-0.3, -0.25) is 9.48 Å². The van der Waals surface area contributed by atoms with E-state index in [1.54, 1.807) is 10.9 Å². The van der Waals surface area contributed by atoms with E-state index in [2.05, 4.69) is 15.4 Å². The molecule has 0 bridgehead atoms. The Hall–Kier alpha value is -2.41. The second-order valence-corrected chi connectivity index (χ2v) is 5.78. The van der Waals surface area contributed by atoms with E-state index in [0.29, 0.717) is 17.1 Å². The van der Waals surface area contributed by atoms with Crippen molar-refractivity contribution < 1.29 is 4.79 Å². The zero-order valence-electron chi connectivity index (χ0n) is 11.8. The number of aryl methyl sites for hydroxylation is 2. The molecule has 0 aliphatic heterocycles. The van der Waals surface area contributed by atoms with Crippen molar-refractivity contribution >= 4 is 33.1 Å². The van der Waals surface area contributed by atoms with E-state index >= 15 is 0 Å². The molecule has 3 N–H and O–H groups in total. The Bertz CT molecular complexity index is 820. The van der Waals surface area contributed by atoms with Gasteiger partial charge in [0.1, 0.15) is 9.71 Å². The van der Waals surface area contributed by atoms with Crippen molar-refractivity contribution in [3.63, 3.8) is 0 Å². The molecule has 3 aromatic rings. The lowest BCUT2D eigenvalue weighted by molar-refractivity contribution is 0.0955. The van der Waals surface area contributed by atoms with Crippen LogP contribution < -0.4 is 11.1 Å². The number of anilines is 1. The van der Waals surface area contributed by atoms with Gasteiger partial charge in [0.15, 0.2) is 0 Å². The van der Waals surface area contributed by atoms with Crippen molar-refractivity contribution in [3.05, 3.63) is 40.7 Å². The molecule has 0 saturated carbocycles. The maximum Gasteiger partial charge on any atom is 0.263 e. The van der Waals surface area contributed by atoms with E-state index in [1.165, 1.54) is 11.3 Å². The summed E-state index contributed by atoms with van der Waals surface area (Å²) in [4.78, 5) is 18.0. The molecular weight excluding hydrogens is 286 g/mol. The summed E-state index contributed by atoms with van der Waals surface area (Å²) in [5.74, 6) is -0.186. The van der Waals surface area contributed by atoms with Crippen LogP contribution in [0.4, 0.5) is 5.69 Å². The third kappa shape index (κ3) is 2.47. The van der Waals surface area contributed by atoms with Crippen LogP contribution in [-0.2, 0) is 13.6 Å². The smallest absolute Gasteiger partial charge is 0.263 e. The largest absolute Gasteiger partial charge is 0.397 e. The van der Waals surface area contributed by atoms with E-state index < -0.39 is 0 Å². The highest BCUT2D eigenvalue weighted by atomic mass is 32.1. The molecule has 0 radical (unpaired) electrons. The monoisotopic (exact) mass is 301 g/mol. The third-order valence-electron chi connectivity index (χ3n) is 3.29. The first kappa shape index (κ1) is 13.6. The summed E-state index contributed by atoms with van der Waals surface area (Å²) in [6.07, 6.45) is 1.70. The van der Waals surface area contributed by atoms with Crippen LogP contribution in [0, 0.1) is 6.92 Å². The van der Waals surface area contributed by atoms with Gasteiger partial charge >= 0.3 is 0 Å². The van der Waals surface area contributed by atoms with Crippen LogP contribution >= 0.6 is 11.3 Å². The fourth-order valence-corrected chi connectivity index (χ4v) is 3.14. The first-order chi connectivity index (χ1) is 10.1. The van der Waals surface area contributed by atoms with Crippen LogP contribution in [0.3, 0.4) is 0 Å². The Labute approximate surface area is 125 Å². The van der Waals surface area contributed by atoms with Gasteiger partial charge in [0.2, 0.25) is 0 Å². The highest BCUT2D eigenvalue weighted by Crippen LogP contribution is 2.32. The molecule has 7 heteroatoms. The number of nitrogens with one attached hydrogen (secondary N) is 1. The fourth-order valence-electron chi connectivity index (χ4n) is 2.08. The van der Waals surface area contributed by atoms with Crippen molar-refractivity contribution in [3.8, 4) is 0 Å². The van der Waals surface area contributed by atoms with Gasteiger partial charge < -0.3 is 11.1 Å². The minimum atomic E-state index is -0.186. The lowest BCUT2D eigenvalue weighted by Gasteiger charge is -2.04. The van der Waals surface area contributed by atoms with E-state index in [0.717, 1.165) is 21.6 Å². The predicted octanol–water partition coefficient (Wildman–Crippen LogP) is 1.85. The van der Waals surface area contributed by atoms with Crippen molar-refractivity contribution in [2.75, 3.05) is 5.73 Å². The van der Waals surface area contributed by atoms with Gasteiger partial charge in [-0.1, -0.05) is 0 Å². The summed E-state index contributed by atoms with van der Waals surface area (Å²) < 4.78 is 1.72. The number of hydrogen-bond donors (Lipinski definition) is 2. The number of hydrogen-bond acceptors (Lipinski definition) is 5. The summed E-state index contributed by atoms with van der Waals surface area (Å²) in [6.45, 7) is 2.33. The number of rotatable bonds is 3. The van der Waals surface area contributed by atoms with E-state index in [1.807, 2.05) is 32.2 Å².